The SMILES string of the molecule is C/C=N\N(C=N)C(=O)NCC=NC=N. The van der Waals surface area contributed by atoms with Crippen molar-refractivity contribution in [2.24, 2.45) is 10.1 Å². The van der Waals surface area contributed by atoms with E-state index in [9.17, 15) is 4.79 Å². The second-order valence-corrected chi connectivity index (χ2v) is 1.99. The first-order valence-electron chi connectivity index (χ1n) is 3.83. The van der Waals surface area contributed by atoms with Crippen LogP contribution >= 0.6 is 0 Å². The molecule has 2 amide bonds. The molecule has 14 heavy (non-hydrogen) atoms. The van der Waals surface area contributed by atoms with Crippen molar-refractivity contribution in [3.63, 3.8) is 0 Å². The van der Waals surface area contributed by atoms with Gasteiger partial charge in [0.05, 0.1) is 6.54 Å². The Bertz CT molecular complexity index is 259. The number of nitrogens with zero attached hydrogens (tertiary/aromatic N) is 3. The molecule has 7 heteroatoms. The Morgan fingerprint density at radius 1 is 1.57 bits per heavy atom. The number of aliphatic imine (C=N–C) groups is 1. The molecule has 0 saturated carbocycles. The minimum Gasteiger partial charge on any atom is -0.331 e. The van der Waals surface area contributed by atoms with Gasteiger partial charge in [-0.25, -0.2) is 9.79 Å². The monoisotopic (exact) mass is 196 g/mol. The molecule has 0 rings (SSSR count). The molecule has 0 aromatic rings. The highest BCUT2D eigenvalue weighted by Gasteiger charge is 2.06. The maximum absolute atomic E-state index is 11.2. The van der Waals surface area contributed by atoms with Gasteiger partial charge in [-0.2, -0.15) is 10.1 Å². The van der Waals surface area contributed by atoms with Gasteiger partial charge in [-0.1, -0.05) is 0 Å². The Balaban J connectivity index is 3.98. The van der Waals surface area contributed by atoms with Crippen molar-refractivity contribution in [3.8, 4) is 0 Å². The van der Waals surface area contributed by atoms with E-state index in [1.807, 2.05) is 0 Å². The van der Waals surface area contributed by atoms with Crippen LogP contribution in [0.3, 0.4) is 0 Å². The van der Waals surface area contributed by atoms with Crippen molar-refractivity contribution >= 4 is 31.1 Å². The fourth-order valence-electron chi connectivity index (χ4n) is 0.588. The molecule has 3 N–H and O–H groups in total. The summed E-state index contributed by atoms with van der Waals surface area (Å²) in [6.45, 7) is 1.83. The van der Waals surface area contributed by atoms with Crippen LogP contribution in [-0.4, -0.2) is 42.7 Å². The van der Waals surface area contributed by atoms with Crippen molar-refractivity contribution in [1.29, 1.82) is 10.8 Å². The summed E-state index contributed by atoms with van der Waals surface area (Å²) < 4.78 is 0. The van der Waals surface area contributed by atoms with Crippen LogP contribution in [0.1, 0.15) is 6.92 Å². The van der Waals surface area contributed by atoms with Crippen LogP contribution in [0.25, 0.3) is 0 Å². The molecule has 76 valence electrons. The number of carbonyl (C=O) groups excluding carboxylic acids is 1. The molecule has 0 saturated heterocycles. The van der Waals surface area contributed by atoms with E-state index >= 15 is 0 Å². The molecule has 0 unspecified atom stereocenters. The van der Waals surface area contributed by atoms with Crippen LogP contribution in [0.5, 0.6) is 0 Å². The molecule has 7 nitrogen and oxygen atoms in total. The average Bonchev–Trinajstić information content (AvgIpc) is 2.20. The van der Waals surface area contributed by atoms with Gasteiger partial charge in [-0.15, -0.1) is 0 Å². The minimum atomic E-state index is -0.519. The Morgan fingerprint density at radius 2 is 2.29 bits per heavy atom. The minimum absolute atomic E-state index is 0.192. The Hall–Kier alpha value is -2.05. The summed E-state index contributed by atoms with van der Waals surface area (Å²) in [6, 6.07) is -0.519. The maximum atomic E-state index is 11.2. The van der Waals surface area contributed by atoms with Crippen LogP contribution in [0.15, 0.2) is 10.1 Å². The van der Waals surface area contributed by atoms with Crippen LogP contribution < -0.4 is 5.32 Å². The molecule has 0 aromatic carbocycles. The Labute approximate surface area is 81.5 Å². The molecule has 0 radical (unpaired) electrons. The van der Waals surface area contributed by atoms with Gasteiger partial charge in [-0.3, -0.25) is 10.8 Å². The standard InChI is InChI=1S/C7H12N6O/c1-2-12-13(6-9)7(14)11-4-3-10-5-8/h2-3,5-6,8-9H,4H2,1H3,(H,11,14)/b8-5?,9-6?,10-3?,12-2-. The number of hydrogen-bond donors (Lipinski definition) is 3. The van der Waals surface area contributed by atoms with Gasteiger partial charge in [0.2, 0.25) is 0 Å². The van der Waals surface area contributed by atoms with E-state index < -0.39 is 6.03 Å². The molecule has 0 heterocycles. The Morgan fingerprint density at radius 3 is 2.79 bits per heavy atom. The highest BCUT2D eigenvalue weighted by atomic mass is 16.2. The lowest BCUT2D eigenvalue weighted by molar-refractivity contribution is 0.224. The average molecular weight is 196 g/mol. The first-order valence-corrected chi connectivity index (χ1v) is 3.83. The van der Waals surface area contributed by atoms with E-state index in [1.54, 1.807) is 6.92 Å². The van der Waals surface area contributed by atoms with E-state index in [0.717, 1.165) is 17.7 Å². The molecule has 0 fully saturated rings. The number of amides is 2. The smallest absolute Gasteiger partial charge is 0.331 e. The van der Waals surface area contributed by atoms with Crippen molar-refractivity contribution in [1.82, 2.24) is 10.3 Å². The number of rotatable bonds is 5. The van der Waals surface area contributed by atoms with Crippen LogP contribution in [-0.2, 0) is 0 Å². The molecule has 0 aromatic heterocycles. The summed E-state index contributed by atoms with van der Waals surface area (Å²) in [5.74, 6) is 0. The summed E-state index contributed by atoms with van der Waals surface area (Å²) >= 11 is 0. The van der Waals surface area contributed by atoms with Crippen molar-refractivity contribution in [2.45, 2.75) is 6.92 Å². The largest absolute Gasteiger partial charge is 0.343 e. The van der Waals surface area contributed by atoms with E-state index in [-0.39, 0.29) is 6.54 Å². The highest BCUT2D eigenvalue weighted by Crippen LogP contribution is 1.84. The van der Waals surface area contributed by atoms with Gasteiger partial charge >= 0.3 is 6.03 Å². The third kappa shape index (κ3) is 4.75. The summed E-state index contributed by atoms with van der Waals surface area (Å²) in [7, 11) is 0. The molecule has 0 bridgehead atoms. The quantitative estimate of drug-likeness (QED) is 0.328. The Kier molecular flexibility index (Phi) is 6.48. The number of nitrogens with one attached hydrogen (secondary N) is 3. The lowest BCUT2D eigenvalue weighted by Crippen LogP contribution is -2.36. The number of carbonyl (C=O) groups is 1. The molecule has 0 aliphatic rings. The summed E-state index contributed by atoms with van der Waals surface area (Å²) in [4.78, 5) is 14.6. The zero-order valence-electron chi connectivity index (χ0n) is 7.77. The van der Waals surface area contributed by atoms with Gasteiger partial charge in [0.25, 0.3) is 0 Å². The fourth-order valence-corrected chi connectivity index (χ4v) is 0.588. The van der Waals surface area contributed by atoms with E-state index in [0.29, 0.717) is 0 Å². The maximum Gasteiger partial charge on any atom is 0.343 e. The second kappa shape index (κ2) is 7.59. The zero-order chi connectivity index (χ0) is 10.8. The van der Waals surface area contributed by atoms with Crippen molar-refractivity contribution < 1.29 is 4.79 Å². The van der Waals surface area contributed by atoms with Gasteiger partial charge in [0, 0.05) is 12.4 Å². The topological polar surface area (TPSA) is 105 Å². The fraction of sp³-hybridized carbons (Fsp3) is 0.286. The molecule has 0 aliphatic carbocycles. The van der Waals surface area contributed by atoms with Crippen molar-refractivity contribution in [3.05, 3.63) is 0 Å². The summed E-state index contributed by atoms with van der Waals surface area (Å²) in [6.07, 6.45) is 4.42. The lowest BCUT2D eigenvalue weighted by Gasteiger charge is -2.09. The molecule has 0 spiro atoms. The molecule has 0 aliphatic heterocycles. The van der Waals surface area contributed by atoms with Crippen LogP contribution in [0.2, 0.25) is 0 Å². The van der Waals surface area contributed by atoms with E-state index in [4.69, 9.17) is 10.8 Å². The summed E-state index contributed by atoms with van der Waals surface area (Å²) in [5, 5.41) is 20.3. The normalized spacial score (nSPS) is 10.4. The van der Waals surface area contributed by atoms with Crippen molar-refractivity contribution in [2.75, 3.05) is 6.54 Å². The first-order chi connectivity index (χ1) is 6.76. The number of urea groups is 1. The molecule has 0 atom stereocenters. The molecular formula is C7H12N6O. The van der Waals surface area contributed by atoms with Gasteiger partial charge < -0.3 is 5.32 Å². The predicted molar refractivity (Wildman–Crippen MR) is 55.5 cm³/mol. The van der Waals surface area contributed by atoms with E-state index in [2.05, 4.69) is 15.4 Å². The lowest BCUT2D eigenvalue weighted by atomic mass is 10.7. The van der Waals surface area contributed by atoms with Gasteiger partial charge in [0.1, 0.15) is 12.7 Å². The van der Waals surface area contributed by atoms with Crippen LogP contribution in [0.4, 0.5) is 4.79 Å². The third-order valence-corrected chi connectivity index (χ3v) is 1.09. The predicted octanol–water partition coefficient (Wildman–Crippen LogP) is 0.289. The number of hydrogen-bond acceptors (Lipinski definition) is 4. The second-order valence-electron chi connectivity index (χ2n) is 1.99. The highest BCUT2D eigenvalue weighted by molar-refractivity contribution is 5.87. The third-order valence-electron chi connectivity index (χ3n) is 1.09. The van der Waals surface area contributed by atoms with Crippen LogP contribution in [0, 0.1) is 10.8 Å². The first kappa shape index (κ1) is 11.9. The van der Waals surface area contributed by atoms with Gasteiger partial charge in [-0.05, 0) is 6.92 Å². The van der Waals surface area contributed by atoms with Gasteiger partial charge in [0.15, 0.2) is 0 Å². The van der Waals surface area contributed by atoms with E-state index in [1.165, 1.54) is 12.4 Å². The molecular weight excluding hydrogens is 184 g/mol. The zero-order valence-corrected chi connectivity index (χ0v) is 7.77. The number of hydrazone groups is 1. The summed E-state index contributed by atoms with van der Waals surface area (Å²) in [5.41, 5.74) is 0.